The molecule has 0 radical (unpaired) electrons. The molecule has 8 nitrogen and oxygen atoms in total. The number of rotatable bonds is 9. The molecule has 0 saturated heterocycles. The fourth-order valence-corrected chi connectivity index (χ4v) is 2.41. The Balaban J connectivity index is 0.00000364. The van der Waals surface area contributed by atoms with Gasteiger partial charge in [-0.25, -0.2) is 4.99 Å². The van der Waals surface area contributed by atoms with Gasteiger partial charge in [-0.05, 0) is 37.5 Å². The minimum Gasteiger partial charge on any atom is -0.493 e. The van der Waals surface area contributed by atoms with Crippen molar-refractivity contribution in [3.05, 3.63) is 17.7 Å². The fourth-order valence-electron chi connectivity index (χ4n) is 2.41. The Morgan fingerprint density at radius 3 is 2.22 bits per heavy atom. The predicted molar refractivity (Wildman–Crippen MR) is 115 cm³/mol. The summed E-state index contributed by atoms with van der Waals surface area (Å²) in [5.41, 5.74) is 0.902. The SMILES string of the molecule is CCNC(=NCc1cc(OC)c(OC)c(OC)c1)NCC(=O)NC1CC1.I. The molecular formula is C18H29IN4O4. The zero-order valence-corrected chi connectivity index (χ0v) is 18.6. The first-order valence-corrected chi connectivity index (χ1v) is 8.71. The summed E-state index contributed by atoms with van der Waals surface area (Å²) in [5.74, 6) is 2.26. The summed E-state index contributed by atoms with van der Waals surface area (Å²) >= 11 is 0. The summed E-state index contributed by atoms with van der Waals surface area (Å²) in [6, 6.07) is 4.06. The second-order valence-corrected chi connectivity index (χ2v) is 5.92. The summed E-state index contributed by atoms with van der Waals surface area (Å²) in [5, 5.41) is 9.11. The minimum atomic E-state index is -0.0223. The van der Waals surface area contributed by atoms with Crippen molar-refractivity contribution in [2.45, 2.75) is 32.4 Å². The van der Waals surface area contributed by atoms with E-state index in [1.165, 1.54) is 0 Å². The van der Waals surface area contributed by atoms with Crippen molar-refractivity contribution in [2.75, 3.05) is 34.4 Å². The van der Waals surface area contributed by atoms with Crippen molar-refractivity contribution in [2.24, 2.45) is 4.99 Å². The number of aliphatic imine (C=N–C) groups is 1. The number of methoxy groups -OCH3 is 3. The lowest BCUT2D eigenvalue weighted by Gasteiger charge is -2.14. The molecule has 3 N–H and O–H groups in total. The molecule has 1 fully saturated rings. The van der Waals surface area contributed by atoms with Crippen molar-refractivity contribution >= 4 is 35.8 Å². The van der Waals surface area contributed by atoms with Gasteiger partial charge in [0, 0.05) is 12.6 Å². The summed E-state index contributed by atoms with van der Waals surface area (Å²) in [6.07, 6.45) is 2.14. The smallest absolute Gasteiger partial charge is 0.239 e. The number of hydrogen-bond donors (Lipinski definition) is 3. The number of nitrogens with one attached hydrogen (secondary N) is 3. The number of ether oxygens (including phenoxy) is 3. The third kappa shape index (κ3) is 7.31. The minimum absolute atomic E-state index is 0. The van der Waals surface area contributed by atoms with E-state index >= 15 is 0 Å². The Kier molecular flexibility index (Phi) is 10.0. The number of amides is 1. The lowest BCUT2D eigenvalue weighted by Crippen LogP contribution is -2.43. The van der Waals surface area contributed by atoms with Gasteiger partial charge in [-0.1, -0.05) is 0 Å². The molecule has 0 unspecified atom stereocenters. The van der Waals surface area contributed by atoms with E-state index in [2.05, 4.69) is 20.9 Å². The van der Waals surface area contributed by atoms with Crippen LogP contribution in [0.3, 0.4) is 0 Å². The van der Waals surface area contributed by atoms with E-state index in [1.807, 2.05) is 19.1 Å². The predicted octanol–water partition coefficient (Wildman–Crippen LogP) is 1.66. The van der Waals surface area contributed by atoms with Gasteiger partial charge >= 0.3 is 0 Å². The maximum absolute atomic E-state index is 11.8. The maximum Gasteiger partial charge on any atom is 0.239 e. The monoisotopic (exact) mass is 492 g/mol. The van der Waals surface area contributed by atoms with Crippen LogP contribution in [-0.2, 0) is 11.3 Å². The van der Waals surface area contributed by atoms with E-state index in [-0.39, 0.29) is 36.4 Å². The number of benzene rings is 1. The van der Waals surface area contributed by atoms with Crippen molar-refractivity contribution < 1.29 is 19.0 Å². The van der Waals surface area contributed by atoms with Gasteiger partial charge in [0.15, 0.2) is 17.5 Å². The number of nitrogens with zero attached hydrogens (tertiary/aromatic N) is 1. The molecule has 0 aliphatic heterocycles. The molecule has 1 aliphatic carbocycles. The number of carbonyl (C=O) groups is 1. The lowest BCUT2D eigenvalue weighted by molar-refractivity contribution is -0.120. The van der Waals surface area contributed by atoms with Crippen LogP contribution in [0.1, 0.15) is 25.3 Å². The Morgan fingerprint density at radius 1 is 1.11 bits per heavy atom. The van der Waals surface area contributed by atoms with Gasteiger partial charge in [0.25, 0.3) is 0 Å². The fraction of sp³-hybridized carbons (Fsp3) is 0.556. The van der Waals surface area contributed by atoms with Crippen LogP contribution < -0.4 is 30.2 Å². The van der Waals surface area contributed by atoms with Crippen LogP contribution in [0.25, 0.3) is 0 Å². The number of guanidine groups is 1. The zero-order chi connectivity index (χ0) is 18.9. The van der Waals surface area contributed by atoms with Crippen LogP contribution in [0.5, 0.6) is 17.2 Å². The van der Waals surface area contributed by atoms with Crippen LogP contribution in [0.2, 0.25) is 0 Å². The van der Waals surface area contributed by atoms with Gasteiger partial charge in [-0.15, -0.1) is 24.0 Å². The third-order valence-electron chi connectivity index (χ3n) is 3.85. The lowest BCUT2D eigenvalue weighted by atomic mass is 10.2. The van der Waals surface area contributed by atoms with Crippen molar-refractivity contribution in [1.29, 1.82) is 0 Å². The van der Waals surface area contributed by atoms with Crippen LogP contribution in [-0.4, -0.2) is 52.3 Å². The van der Waals surface area contributed by atoms with E-state index in [9.17, 15) is 4.79 Å². The molecule has 1 aliphatic rings. The van der Waals surface area contributed by atoms with Crippen molar-refractivity contribution in [3.63, 3.8) is 0 Å². The average molecular weight is 492 g/mol. The van der Waals surface area contributed by atoms with E-state index in [4.69, 9.17) is 14.2 Å². The molecule has 27 heavy (non-hydrogen) atoms. The Morgan fingerprint density at radius 2 is 1.74 bits per heavy atom. The van der Waals surface area contributed by atoms with Gasteiger partial charge in [0.2, 0.25) is 11.7 Å². The van der Waals surface area contributed by atoms with E-state index in [1.54, 1.807) is 21.3 Å². The summed E-state index contributed by atoms with van der Waals surface area (Å²) in [6.45, 7) is 3.26. The Hall–Kier alpha value is -1.91. The molecular weight excluding hydrogens is 463 g/mol. The van der Waals surface area contributed by atoms with Gasteiger partial charge in [-0.3, -0.25) is 4.79 Å². The number of halogens is 1. The summed E-state index contributed by atoms with van der Waals surface area (Å²) in [7, 11) is 4.72. The average Bonchev–Trinajstić information content (AvgIpc) is 3.46. The third-order valence-corrected chi connectivity index (χ3v) is 3.85. The maximum atomic E-state index is 11.8. The van der Waals surface area contributed by atoms with Gasteiger partial charge in [0.05, 0.1) is 34.4 Å². The molecule has 1 aromatic rings. The second kappa shape index (κ2) is 11.7. The number of carbonyl (C=O) groups excluding carboxylic acids is 1. The highest BCUT2D eigenvalue weighted by Gasteiger charge is 2.23. The van der Waals surface area contributed by atoms with Crippen LogP contribution in [0.4, 0.5) is 0 Å². The first kappa shape index (κ1) is 23.1. The molecule has 0 atom stereocenters. The highest BCUT2D eigenvalue weighted by atomic mass is 127. The summed E-state index contributed by atoms with van der Waals surface area (Å²) < 4.78 is 16.0. The topological polar surface area (TPSA) is 93.2 Å². The molecule has 0 heterocycles. The summed E-state index contributed by atoms with van der Waals surface area (Å²) in [4.78, 5) is 16.3. The highest BCUT2D eigenvalue weighted by Crippen LogP contribution is 2.38. The molecule has 2 rings (SSSR count). The van der Waals surface area contributed by atoms with Crippen LogP contribution in [0, 0.1) is 0 Å². The first-order valence-electron chi connectivity index (χ1n) is 8.71. The van der Waals surface area contributed by atoms with E-state index in [0.29, 0.717) is 42.3 Å². The van der Waals surface area contributed by atoms with Gasteiger partial charge in [0.1, 0.15) is 0 Å². The zero-order valence-electron chi connectivity index (χ0n) is 16.3. The van der Waals surface area contributed by atoms with Crippen molar-refractivity contribution in [3.8, 4) is 17.2 Å². The van der Waals surface area contributed by atoms with E-state index < -0.39 is 0 Å². The molecule has 1 aromatic carbocycles. The van der Waals surface area contributed by atoms with Gasteiger partial charge in [-0.2, -0.15) is 0 Å². The quantitative estimate of drug-likeness (QED) is 0.276. The normalized spacial score (nSPS) is 13.3. The van der Waals surface area contributed by atoms with Crippen molar-refractivity contribution in [1.82, 2.24) is 16.0 Å². The first-order chi connectivity index (χ1) is 12.6. The largest absolute Gasteiger partial charge is 0.493 e. The molecule has 152 valence electrons. The molecule has 9 heteroatoms. The molecule has 0 aromatic heterocycles. The van der Waals surface area contributed by atoms with Crippen LogP contribution >= 0.6 is 24.0 Å². The second-order valence-electron chi connectivity index (χ2n) is 5.92. The van der Waals surface area contributed by atoms with Crippen LogP contribution in [0.15, 0.2) is 17.1 Å². The highest BCUT2D eigenvalue weighted by molar-refractivity contribution is 14.0. The Bertz CT molecular complexity index is 625. The molecule has 1 saturated carbocycles. The molecule has 1 amide bonds. The van der Waals surface area contributed by atoms with Gasteiger partial charge < -0.3 is 30.2 Å². The molecule has 0 spiro atoms. The van der Waals surface area contributed by atoms with E-state index in [0.717, 1.165) is 18.4 Å². The Labute approximate surface area is 177 Å². The molecule has 0 bridgehead atoms. The number of hydrogen-bond acceptors (Lipinski definition) is 5. The standard InChI is InChI=1S/C18H28N4O4.HI/c1-5-19-18(21-11-16(23)22-13-6-7-13)20-10-12-8-14(24-2)17(26-4)15(9-12)25-3;/h8-9,13H,5-7,10-11H2,1-4H3,(H,22,23)(H2,19,20,21);1H.